The van der Waals surface area contributed by atoms with Crippen LogP contribution in [0.5, 0.6) is 0 Å². The Morgan fingerprint density at radius 3 is 2.55 bits per heavy atom. The minimum absolute atomic E-state index is 0.0306. The molecule has 0 heterocycles. The Morgan fingerprint density at radius 1 is 1.35 bits per heavy atom. The molecule has 0 aliphatic carbocycles. The number of ether oxygens (including phenoxy) is 2. The van der Waals surface area contributed by atoms with Crippen LogP contribution in [-0.4, -0.2) is 33.7 Å². The van der Waals surface area contributed by atoms with E-state index in [1.54, 1.807) is 0 Å². The van der Waals surface area contributed by atoms with Crippen molar-refractivity contribution in [2.45, 2.75) is 24.8 Å². The fourth-order valence-corrected chi connectivity index (χ4v) is 2.07. The van der Waals surface area contributed by atoms with Crippen molar-refractivity contribution in [1.82, 2.24) is 0 Å². The number of carbonyl (C=O) groups is 1. The SMILES string of the molecule is CC(C)OCCOC(=O)c1cc(S(N)(=O)=O)ccc1Cl. The van der Waals surface area contributed by atoms with E-state index in [0.29, 0.717) is 0 Å². The molecular formula is C12H16ClNO5S. The van der Waals surface area contributed by atoms with Crippen LogP contribution in [-0.2, 0) is 19.5 Å². The number of hydrogen-bond donors (Lipinski definition) is 1. The minimum Gasteiger partial charge on any atom is -0.460 e. The van der Waals surface area contributed by atoms with Gasteiger partial charge in [0.25, 0.3) is 0 Å². The maximum Gasteiger partial charge on any atom is 0.339 e. The molecule has 0 spiro atoms. The molecule has 20 heavy (non-hydrogen) atoms. The van der Waals surface area contributed by atoms with Gasteiger partial charge in [-0.25, -0.2) is 18.4 Å². The molecule has 6 nitrogen and oxygen atoms in total. The molecule has 0 saturated carbocycles. The van der Waals surface area contributed by atoms with E-state index in [0.717, 1.165) is 6.07 Å². The van der Waals surface area contributed by atoms with Gasteiger partial charge in [-0.15, -0.1) is 0 Å². The van der Waals surface area contributed by atoms with Gasteiger partial charge < -0.3 is 9.47 Å². The monoisotopic (exact) mass is 321 g/mol. The van der Waals surface area contributed by atoms with E-state index < -0.39 is 16.0 Å². The second kappa shape index (κ2) is 7.03. The summed E-state index contributed by atoms with van der Waals surface area (Å²) in [6, 6.07) is 3.59. The Labute approximate surface area is 122 Å². The number of nitrogens with two attached hydrogens (primary N) is 1. The Morgan fingerprint density at radius 2 is 2.00 bits per heavy atom. The third-order valence-corrected chi connectivity index (χ3v) is 3.49. The van der Waals surface area contributed by atoms with Gasteiger partial charge in [-0.1, -0.05) is 11.6 Å². The quantitative estimate of drug-likeness (QED) is 0.633. The van der Waals surface area contributed by atoms with Crippen molar-refractivity contribution in [1.29, 1.82) is 0 Å². The first kappa shape index (κ1) is 16.9. The predicted molar refractivity (Wildman–Crippen MR) is 74.2 cm³/mol. The summed E-state index contributed by atoms with van der Waals surface area (Å²) in [6.45, 7) is 4.01. The number of benzene rings is 1. The van der Waals surface area contributed by atoms with Crippen molar-refractivity contribution in [2.75, 3.05) is 13.2 Å². The maximum atomic E-state index is 11.8. The molecule has 8 heteroatoms. The summed E-state index contributed by atoms with van der Waals surface area (Å²) in [6.07, 6.45) is 0.0306. The van der Waals surface area contributed by atoms with Crippen molar-refractivity contribution in [3.63, 3.8) is 0 Å². The van der Waals surface area contributed by atoms with Crippen molar-refractivity contribution < 1.29 is 22.7 Å². The van der Waals surface area contributed by atoms with E-state index in [2.05, 4.69) is 0 Å². The van der Waals surface area contributed by atoms with Crippen LogP contribution in [0.25, 0.3) is 0 Å². The van der Waals surface area contributed by atoms with Gasteiger partial charge in [0.2, 0.25) is 10.0 Å². The molecule has 2 N–H and O–H groups in total. The highest BCUT2D eigenvalue weighted by Gasteiger charge is 2.16. The molecule has 0 fully saturated rings. The molecule has 1 aromatic carbocycles. The largest absolute Gasteiger partial charge is 0.460 e. The highest BCUT2D eigenvalue weighted by Crippen LogP contribution is 2.20. The zero-order valence-electron chi connectivity index (χ0n) is 11.1. The minimum atomic E-state index is -3.90. The summed E-state index contributed by atoms with van der Waals surface area (Å²) < 4.78 is 32.6. The van der Waals surface area contributed by atoms with Crippen LogP contribution < -0.4 is 5.14 Å². The lowest BCUT2D eigenvalue weighted by Crippen LogP contribution is -2.16. The molecule has 1 rings (SSSR count). The van der Waals surface area contributed by atoms with Crippen LogP contribution in [0.2, 0.25) is 5.02 Å². The number of hydrogen-bond acceptors (Lipinski definition) is 5. The molecule has 0 atom stereocenters. The third-order valence-electron chi connectivity index (χ3n) is 2.25. The summed E-state index contributed by atoms with van der Waals surface area (Å²) in [7, 11) is -3.90. The summed E-state index contributed by atoms with van der Waals surface area (Å²) in [5.41, 5.74) is -0.0530. The van der Waals surface area contributed by atoms with E-state index in [-0.39, 0.29) is 34.8 Å². The topological polar surface area (TPSA) is 95.7 Å². The van der Waals surface area contributed by atoms with Crippen molar-refractivity contribution in [3.05, 3.63) is 28.8 Å². The second-order valence-electron chi connectivity index (χ2n) is 4.24. The van der Waals surface area contributed by atoms with Gasteiger partial charge in [0.15, 0.2) is 0 Å². The first-order chi connectivity index (χ1) is 9.21. The Kier molecular flexibility index (Phi) is 5.94. The average molecular weight is 322 g/mol. The third kappa shape index (κ3) is 5.09. The van der Waals surface area contributed by atoms with Crippen LogP contribution in [0, 0.1) is 0 Å². The van der Waals surface area contributed by atoms with Gasteiger partial charge in [0, 0.05) is 0 Å². The zero-order chi connectivity index (χ0) is 15.3. The number of sulfonamides is 1. The van der Waals surface area contributed by atoms with Gasteiger partial charge in [-0.05, 0) is 32.0 Å². The summed E-state index contributed by atoms with van der Waals surface area (Å²) in [5, 5.41) is 5.08. The average Bonchev–Trinajstić information content (AvgIpc) is 2.33. The number of rotatable bonds is 6. The molecule has 0 unspecified atom stereocenters. The number of esters is 1. The molecule has 112 valence electrons. The van der Waals surface area contributed by atoms with Crippen molar-refractivity contribution >= 4 is 27.6 Å². The molecular weight excluding hydrogens is 306 g/mol. The first-order valence-electron chi connectivity index (χ1n) is 5.83. The molecule has 0 saturated heterocycles. The molecule has 0 radical (unpaired) electrons. The maximum absolute atomic E-state index is 11.8. The fourth-order valence-electron chi connectivity index (χ4n) is 1.33. The van der Waals surface area contributed by atoms with Gasteiger partial charge in [0.1, 0.15) is 6.61 Å². The van der Waals surface area contributed by atoms with Gasteiger partial charge in [0.05, 0.1) is 28.2 Å². The zero-order valence-corrected chi connectivity index (χ0v) is 12.7. The van der Waals surface area contributed by atoms with Crippen LogP contribution in [0.4, 0.5) is 0 Å². The van der Waals surface area contributed by atoms with Crippen LogP contribution in [0.3, 0.4) is 0 Å². The summed E-state index contributed by atoms with van der Waals surface area (Å²) in [5.74, 6) is -0.729. The second-order valence-corrected chi connectivity index (χ2v) is 6.21. The highest BCUT2D eigenvalue weighted by molar-refractivity contribution is 7.89. The molecule has 1 aromatic rings. The van der Waals surface area contributed by atoms with Gasteiger partial charge in [-0.2, -0.15) is 0 Å². The van der Waals surface area contributed by atoms with E-state index in [9.17, 15) is 13.2 Å². The van der Waals surface area contributed by atoms with E-state index >= 15 is 0 Å². The summed E-state index contributed by atoms with van der Waals surface area (Å²) in [4.78, 5) is 11.6. The lowest BCUT2D eigenvalue weighted by atomic mass is 10.2. The van der Waals surface area contributed by atoms with Crippen molar-refractivity contribution in [3.8, 4) is 0 Å². The Bertz CT molecular complexity index is 586. The van der Waals surface area contributed by atoms with Crippen LogP contribution >= 0.6 is 11.6 Å². The molecule has 0 amide bonds. The lowest BCUT2D eigenvalue weighted by Gasteiger charge is -2.09. The van der Waals surface area contributed by atoms with Crippen LogP contribution in [0.1, 0.15) is 24.2 Å². The van der Waals surface area contributed by atoms with Gasteiger partial charge in [-0.3, -0.25) is 0 Å². The Hall–Kier alpha value is -1.15. The number of primary sulfonamides is 1. The van der Waals surface area contributed by atoms with E-state index in [1.165, 1.54) is 12.1 Å². The lowest BCUT2D eigenvalue weighted by molar-refractivity contribution is 0.0177. The highest BCUT2D eigenvalue weighted by atomic mass is 35.5. The molecule has 0 aliphatic heterocycles. The fraction of sp³-hybridized carbons (Fsp3) is 0.417. The molecule has 0 aliphatic rings. The van der Waals surface area contributed by atoms with Crippen molar-refractivity contribution in [2.24, 2.45) is 5.14 Å². The molecule has 0 aromatic heterocycles. The normalized spacial score (nSPS) is 11.7. The molecule has 0 bridgehead atoms. The summed E-state index contributed by atoms with van der Waals surface area (Å²) >= 11 is 5.84. The number of carbonyl (C=O) groups excluding carboxylic acids is 1. The number of halogens is 1. The standard InChI is InChI=1S/C12H16ClNO5S/c1-8(2)18-5-6-19-12(15)10-7-9(20(14,16)17)3-4-11(10)13/h3-4,7-8H,5-6H2,1-2H3,(H2,14,16,17). The first-order valence-corrected chi connectivity index (χ1v) is 7.75. The predicted octanol–water partition coefficient (Wildman–Crippen LogP) is 1.57. The smallest absolute Gasteiger partial charge is 0.339 e. The van der Waals surface area contributed by atoms with Crippen LogP contribution in [0.15, 0.2) is 23.1 Å². The Balaban J connectivity index is 2.77. The van der Waals surface area contributed by atoms with E-state index in [1.807, 2.05) is 13.8 Å². The van der Waals surface area contributed by atoms with Gasteiger partial charge >= 0.3 is 5.97 Å². The van der Waals surface area contributed by atoms with E-state index in [4.69, 9.17) is 26.2 Å².